The van der Waals surface area contributed by atoms with Crippen molar-refractivity contribution in [1.82, 2.24) is 20.5 Å². The topological polar surface area (TPSA) is 91.4 Å². The molecular formula is C15H18N4O3S. The van der Waals surface area contributed by atoms with E-state index < -0.39 is 12.1 Å². The Hall–Kier alpha value is -2.09. The Kier molecular flexibility index (Phi) is 4.80. The summed E-state index contributed by atoms with van der Waals surface area (Å²) in [6.07, 6.45) is 4.22. The fourth-order valence-electron chi connectivity index (χ4n) is 2.68. The third kappa shape index (κ3) is 3.64. The van der Waals surface area contributed by atoms with Crippen molar-refractivity contribution in [3.05, 3.63) is 30.1 Å². The second-order valence-corrected chi connectivity index (χ2v) is 6.56. The summed E-state index contributed by atoms with van der Waals surface area (Å²) in [5.74, 6) is 0.635. The van der Waals surface area contributed by atoms with Gasteiger partial charge in [-0.3, -0.25) is 19.4 Å². The SMILES string of the molecule is O=C1CC[C@@H](C(=O)N2CSC[C@@H]2C(=O)NCc2ccncc2)N1. The molecule has 2 saturated heterocycles. The normalized spacial score (nSPS) is 23.7. The number of hydrogen-bond donors (Lipinski definition) is 2. The zero-order valence-electron chi connectivity index (χ0n) is 12.5. The van der Waals surface area contributed by atoms with Crippen LogP contribution in [0.25, 0.3) is 0 Å². The molecule has 0 bridgehead atoms. The number of aromatic nitrogens is 1. The summed E-state index contributed by atoms with van der Waals surface area (Å²) in [6.45, 7) is 0.407. The van der Waals surface area contributed by atoms with Gasteiger partial charge in [-0.25, -0.2) is 0 Å². The molecule has 0 radical (unpaired) electrons. The van der Waals surface area contributed by atoms with Crippen LogP contribution in [0.2, 0.25) is 0 Å². The van der Waals surface area contributed by atoms with Crippen molar-refractivity contribution < 1.29 is 14.4 Å². The van der Waals surface area contributed by atoms with Crippen molar-refractivity contribution in [1.29, 1.82) is 0 Å². The number of hydrogen-bond acceptors (Lipinski definition) is 5. The summed E-state index contributed by atoms with van der Waals surface area (Å²) in [5.41, 5.74) is 0.958. The van der Waals surface area contributed by atoms with Crippen LogP contribution in [-0.2, 0) is 20.9 Å². The van der Waals surface area contributed by atoms with Crippen molar-refractivity contribution in [2.24, 2.45) is 0 Å². The molecule has 0 aromatic carbocycles. The van der Waals surface area contributed by atoms with Crippen LogP contribution < -0.4 is 10.6 Å². The van der Waals surface area contributed by atoms with Gasteiger partial charge >= 0.3 is 0 Å². The second-order valence-electron chi connectivity index (χ2n) is 5.56. The first kappa shape index (κ1) is 15.8. The van der Waals surface area contributed by atoms with Crippen molar-refractivity contribution in [3.8, 4) is 0 Å². The predicted molar refractivity (Wildman–Crippen MR) is 85.2 cm³/mol. The molecule has 23 heavy (non-hydrogen) atoms. The molecule has 2 aliphatic heterocycles. The van der Waals surface area contributed by atoms with Crippen LogP contribution in [0.5, 0.6) is 0 Å². The van der Waals surface area contributed by atoms with Gasteiger partial charge in [-0.2, -0.15) is 0 Å². The number of amides is 3. The van der Waals surface area contributed by atoms with Crippen LogP contribution >= 0.6 is 11.8 Å². The van der Waals surface area contributed by atoms with E-state index in [0.29, 0.717) is 31.0 Å². The standard InChI is InChI=1S/C15H18N4O3S/c20-13-2-1-11(18-13)15(22)19-9-23-8-12(19)14(21)17-7-10-3-5-16-6-4-10/h3-6,11-12H,1-2,7-9H2,(H,17,21)(H,18,20)/t11-,12+/m0/s1. The van der Waals surface area contributed by atoms with Gasteiger partial charge in [0.25, 0.3) is 0 Å². The molecule has 2 N–H and O–H groups in total. The highest BCUT2D eigenvalue weighted by atomic mass is 32.2. The van der Waals surface area contributed by atoms with Crippen molar-refractivity contribution in [2.45, 2.75) is 31.5 Å². The van der Waals surface area contributed by atoms with Gasteiger partial charge in [0.15, 0.2) is 0 Å². The molecule has 1 aromatic rings. The molecule has 3 rings (SSSR count). The molecule has 2 aliphatic rings. The highest BCUT2D eigenvalue weighted by Gasteiger charge is 2.39. The lowest BCUT2D eigenvalue weighted by Gasteiger charge is -2.25. The van der Waals surface area contributed by atoms with Gasteiger partial charge in [0.1, 0.15) is 12.1 Å². The highest BCUT2D eigenvalue weighted by Crippen LogP contribution is 2.23. The van der Waals surface area contributed by atoms with E-state index in [2.05, 4.69) is 15.6 Å². The quantitative estimate of drug-likeness (QED) is 0.801. The first-order valence-corrected chi connectivity index (χ1v) is 8.65. The Morgan fingerprint density at radius 1 is 1.39 bits per heavy atom. The van der Waals surface area contributed by atoms with E-state index in [1.54, 1.807) is 29.1 Å². The summed E-state index contributed by atoms with van der Waals surface area (Å²) in [4.78, 5) is 41.7. The zero-order chi connectivity index (χ0) is 16.2. The molecule has 8 heteroatoms. The number of carbonyl (C=O) groups is 3. The third-order valence-electron chi connectivity index (χ3n) is 3.98. The number of pyridine rings is 1. The van der Waals surface area contributed by atoms with E-state index in [1.165, 1.54) is 0 Å². The van der Waals surface area contributed by atoms with Crippen LogP contribution in [0.15, 0.2) is 24.5 Å². The molecule has 0 unspecified atom stereocenters. The van der Waals surface area contributed by atoms with Gasteiger partial charge in [0.05, 0.1) is 5.88 Å². The molecule has 1 aromatic heterocycles. The first-order valence-electron chi connectivity index (χ1n) is 7.49. The summed E-state index contributed by atoms with van der Waals surface area (Å²) in [5, 5.41) is 5.53. The van der Waals surface area contributed by atoms with Crippen LogP contribution in [0.1, 0.15) is 18.4 Å². The minimum atomic E-state index is -0.489. The molecule has 7 nitrogen and oxygen atoms in total. The van der Waals surface area contributed by atoms with Gasteiger partial charge in [0.2, 0.25) is 17.7 Å². The van der Waals surface area contributed by atoms with Gasteiger partial charge in [0, 0.05) is 31.1 Å². The second kappa shape index (κ2) is 6.99. The Balaban J connectivity index is 1.58. The average Bonchev–Trinajstić information content (AvgIpc) is 3.22. The summed E-state index contributed by atoms with van der Waals surface area (Å²) >= 11 is 1.55. The van der Waals surface area contributed by atoms with Crippen molar-refractivity contribution in [3.63, 3.8) is 0 Å². The van der Waals surface area contributed by atoms with E-state index in [9.17, 15) is 14.4 Å². The van der Waals surface area contributed by atoms with E-state index >= 15 is 0 Å². The van der Waals surface area contributed by atoms with E-state index in [-0.39, 0.29) is 17.7 Å². The molecular weight excluding hydrogens is 316 g/mol. The van der Waals surface area contributed by atoms with Gasteiger partial charge < -0.3 is 15.5 Å². The molecule has 3 heterocycles. The minimum Gasteiger partial charge on any atom is -0.350 e. The molecule has 3 amide bonds. The number of carbonyl (C=O) groups excluding carboxylic acids is 3. The Morgan fingerprint density at radius 2 is 2.17 bits per heavy atom. The number of rotatable bonds is 4. The van der Waals surface area contributed by atoms with Crippen LogP contribution in [0, 0.1) is 0 Å². The molecule has 2 fully saturated rings. The van der Waals surface area contributed by atoms with Crippen LogP contribution in [0.4, 0.5) is 0 Å². The molecule has 2 atom stereocenters. The largest absolute Gasteiger partial charge is 0.350 e. The van der Waals surface area contributed by atoms with Crippen molar-refractivity contribution in [2.75, 3.05) is 11.6 Å². The van der Waals surface area contributed by atoms with Crippen molar-refractivity contribution >= 4 is 29.5 Å². The lowest BCUT2D eigenvalue weighted by molar-refractivity contribution is -0.139. The van der Waals surface area contributed by atoms with Gasteiger partial charge in [-0.15, -0.1) is 11.8 Å². The zero-order valence-corrected chi connectivity index (χ0v) is 13.3. The fraction of sp³-hybridized carbons (Fsp3) is 0.467. The lowest BCUT2D eigenvalue weighted by atomic mass is 10.1. The monoisotopic (exact) mass is 334 g/mol. The Bertz CT molecular complexity index is 610. The minimum absolute atomic E-state index is 0.103. The maximum absolute atomic E-state index is 12.5. The Labute approximate surface area is 138 Å². The number of thioether (sulfide) groups is 1. The average molecular weight is 334 g/mol. The smallest absolute Gasteiger partial charge is 0.246 e. The lowest BCUT2D eigenvalue weighted by Crippen LogP contribution is -2.52. The molecule has 0 aliphatic carbocycles. The first-order chi connectivity index (χ1) is 11.1. The van der Waals surface area contributed by atoms with E-state index in [0.717, 1.165) is 5.56 Å². The summed E-state index contributed by atoms with van der Waals surface area (Å²) in [6, 6.07) is 2.70. The third-order valence-corrected chi connectivity index (χ3v) is 4.99. The number of nitrogens with one attached hydrogen (secondary N) is 2. The van der Waals surface area contributed by atoms with Crippen LogP contribution in [0.3, 0.4) is 0 Å². The fourth-order valence-corrected chi connectivity index (χ4v) is 3.85. The maximum Gasteiger partial charge on any atom is 0.246 e. The predicted octanol–water partition coefficient (Wildman–Crippen LogP) is -0.122. The van der Waals surface area contributed by atoms with Gasteiger partial charge in [-0.1, -0.05) is 0 Å². The summed E-state index contributed by atoms with van der Waals surface area (Å²) < 4.78 is 0. The molecule has 122 valence electrons. The van der Waals surface area contributed by atoms with Gasteiger partial charge in [-0.05, 0) is 24.1 Å². The molecule has 0 spiro atoms. The maximum atomic E-state index is 12.5. The summed E-state index contributed by atoms with van der Waals surface area (Å²) in [7, 11) is 0. The highest BCUT2D eigenvalue weighted by molar-refractivity contribution is 7.99. The molecule has 0 saturated carbocycles. The number of nitrogens with zero attached hydrogens (tertiary/aromatic N) is 2. The Morgan fingerprint density at radius 3 is 2.87 bits per heavy atom. The van der Waals surface area contributed by atoms with Crippen LogP contribution in [-0.4, -0.2) is 51.3 Å². The van der Waals surface area contributed by atoms with E-state index in [1.807, 2.05) is 12.1 Å². The van der Waals surface area contributed by atoms with E-state index in [4.69, 9.17) is 0 Å².